The van der Waals surface area contributed by atoms with E-state index < -0.39 is 0 Å². The molecule has 0 saturated carbocycles. The first-order valence-electron chi connectivity index (χ1n) is 9.07. The maximum atomic E-state index is 12.1. The van der Waals surface area contributed by atoms with Crippen molar-refractivity contribution in [3.05, 3.63) is 64.7 Å². The average Bonchev–Trinajstić information content (AvgIpc) is 2.58. The largest absolute Gasteiger partial charge is 0.483 e. The predicted octanol–water partition coefficient (Wildman–Crippen LogP) is 3.88. The summed E-state index contributed by atoms with van der Waals surface area (Å²) in [6.45, 7) is 7.72. The van der Waals surface area contributed by atoms with Gasteiger partial charge >= 0.3 is 0 Å². The van der Waals surface area contributed by atoms with Crippen LogP contribution in [0.5, 0.6) is 5.75 Å². The van der Waals surface area contributed by atoms with E-state index in [1.165, 1.54) is 5.56 Å². The van der Waals surface area contributed by atoms with Gasteiger partial charge in [-0.3, -0.25) is 4.79 Å². The first-order chi connectivity index (χ1) is 12.3. The fourth-order valence-corrected chi connectivity index (χ4v) is 2.77. The molecule has 0 saturated heterocycles. The Morgan fingerprint density at radius 3 is 2.35 bits per heavy atom. The molecule has 1 amide bonds. The van der Waals surface area contributed by atoms with Crippen molar-refractivity contribution in [1.82, 2.24) is 10.2 Å². The van der Waals surface area contributed by atoms with E-state index in [1.807, 2.05) is 27.1 Å². The number of carbonyl (C=O) groups excluding carboxylic acids is 1. The van der Waals surface area contributed by atoms with E-state index in [1.54, 1.807) is 0 Å². The molecule has 0 bridgehead atoms. The van der Waals surface area contributed by atoms with Crippen LogP contribution in [-0.2, 0) is 17.9 Å². The number of hydrogen-bond acceptors (Lipinski definition) is 3. The number of benzene rings is 2. The summed E-state index contributed by atoms with van der Waals surface area (Å²) in [5.41, 5.74) is 4.59. The van der Waals surface area contributed by atoms with E-state index in [0.29, 0.717) is 12.5 Å². The van der Waals surface area contributed by atoms with Gasteiger partial charge in [0.2, 0.25) is 0 Å². The van der Waals surface area contributed by atoms with Crippen molar-refractivity contribution in [2.75, 3.05) is 20.7 Å². The number of carbonyl (C=O) groups is 1. The molecule has 0 heterocycles. The molecule has 0 aliphatic carbocycles. The summed E-state index contributed by atoms with van der Waals surface area (Å²) in [4.78, 5) is 14.3. The molecule has 0 radical (unpaired) electrons. The second kappa shape index (κ2) is 9.39. The Labute approximate surface area is 157 Å². The SMILES string of the molecule is Cc1ccc(C(C)C)c(OCC(=O)NCc2ccc(CN(C)C)cc2)c1. The first-order valence-corrected chi connectivity index (χ1v) is 9.07. The van der Waals surface area contributed by atoms with Gasteiger partial charge in [-0.05, 0) is 55.3 Å². The van der Waals surface area contributed by atoms with Gasteiger partial charge in [-0.25, -0.2) is 0 Å². The lowest BCUT2D eigenvalue weighted by Crippen LogP contribution is -2.28. The Morgan fingerprint density at radius 1 is 1.08 bits per heavy atom. The summed E-state index contributed by atoms with van der Waals surface area (Å²) in [5, 5.41) is 2.92. The van der Waals surface area contributed by atoms with Gasteiger partial charge in [-0.1, -0.05) is 50.2 Å². The normalized spacial score (nSPS) is 11.0. The highest BCUT2D eigenvalue weighted by molar-refractivity contribution is 5.77. The highest BCUT2D eigenvalue weighted by Crippen LogP contribution is 2.27. The molecule has 2 aromatic rings. The zero-order valence-electron chi connectivity index (χ0n) is 16.5. The predicted molar refractivity (Wildman–Crippen MR) is 106 cm³/mol. The van der Waals surface area contributed by atoms with Crippen LogP contribution in [0.4, 0.5) is 0 Å². The lowest BCUT2D eigenvalue weighted by atomic mass is 10.0. The molecule has 4 heteroatoms. The molecule has 0 fully saturated rings. The molecule has 0 aliphatic heterocycles. The van der Waals surface area contributed by atoms with Crippen LogP contribution in [0.25, 0.3) is 0 Å². The van der Waals surface area contributed by atoms with Crippen LogP contribution in [0.3, 0.4) is 0 Å². The standard InChI is InChI=1S/C22H30N2O2/c1-16(2)20-11-6-17(3)12-21(20)26-15-22(25)23-13-18-7-9-19(10-8-18)14-24(4)5/h6-12,16H,13-15H2,1-5H3,(H,23,25). The van der Waals surface area contributed by atoms with Crippen molar-refractivity contribution >= 4 is 5.91 Å². The summed E-state index contributed by atoms with van der Waals surface area (Å²) in [5.74, 6) is 1.04. The summed E-state index contributed by atoms with van der Waals surface area (Å²) >= 11 is 0. The summed E-state index contributed by atoms with van der Waals surface area (Å²) in [6.07, 6.45) is 0. The lowest BCUT2D eigenvalue weighted by molar-refractivity contribution is -0.123. The van der Waals surface area contributed by atoms with Gasteiger partial charge in [0.25, 0.3) is 5.91 Å². The lowest BCUT2D eigenvalue weighted by Gasteiger charge is -2.15. The molecule has 140 valence electrons. The maximum absolute atomic E-state index is 12.1. The monoisotopic (exact) mass is 354 g/mol. The molecule has 26 heavy (non-hydrogen) atoms. The van der Waals surface area contributed by atoms with Crippen molar-refractivity contribution in [2.45, 2.75) is 39.8 Å². The van der Waals surface area contributed by atoms with Crippen LogP contribution in [0.2, 0.25) is 0 Å². The number of aryl methyl sites for hydroxylation is 1. The molecular formula is C22H30N2O2. The maximum Gasteiger partial charge on any atom is 0.258 e. The molecule has 2 aromatic carbocycles. The summed E-state index contributed by atoms with van der Waals surface area (Å²) < 4.78 is 5.77. The highest BCUT2D eigenvalue weighted by atomic mass is 16.5. The van der Waals surface area contributed by atoms with E-state index in [2.05, 4.69) is 60.5 Å². The van der Waals surface area contributed by atoms with E-state index in [4.69, 9.17) is 4.74 Å². The van der Waals surface area contributed by atoms with E-state index in [0.717, 1.165) is 29.0 Å². The van der Waals surface area contributed by atoms with Gasteiger partial charge in [-0.2, -0.15) is 0 Å². The molecular weight excluding hydrogens is 324 g/mol. The average molecular weight is 354 g/mol. The minimum absolute atomic E-state index is 0.0296. The fourth-order valence-electron chi connectivity index (χ4n) is 2.77. The molecule has 1 N–H and O–H groups in total. The third kappa shape index (κ3) is 6.19. The Morgan fingerprint density at radius 2 is 1.73 bits per heavy atom. The number of amides is 1. The van der Waals surface area contributed by atoms with Gasteiger partial charge in [-0.15, -0.1) is 0 Å². The number of hydrogen-bond donors (Lipinski definition) is 1. The molecule has 4 nitrogen and oxygen atoms in total. The third-order valence-corrected chi connectivity index (χ3v) is 4.16. The Bertz CT molecular complexity index is 721. The molecule has 0 atom stereocenters. The van der Waals surface area contributed by atoms with Crippen molar-refractivity contribution in [3.8, 4) is 5.75 Å². The van der Waals surface area contributed by atoms with Gasteiger partial charge < -0.3 is 15.0 Å². The van der Waals surface area contributed by atoms with Crippen molar-refractivity contribution < 1.29 is 9.53 Å². The van der Waals surface area contributed by atoms with Crippen LogP contribution in [0.15, 0.2) is 42.5 Å². The van der Waals surface area contributed by atoms with Crippen LogP contribution in [0, 0.1) is 6.92 Å². The van der Waals surface area contributed by atoms with Crippen LogP contribution >= 0.6 is 0 Å². The molecule has 0 aliphatic rings. The minimum Gasteiger partial charge on any atom is -0.483 e. The Kier molecular flexibility index (Phi) is 7.22. The first kappa shape index (κ1) is 20.0. The van der Waals surface area contributed by atoms with Crippen molar-refractivity contribution in [2.24, 2.45) is 0 Å². The van der Waals surface area contributed by atoms with Crippen molar-refractivity contribution in [3.63, 3.8) is 0 Å². The second-order valence-electron chi connectivity index (χ2n) is 7.32. The van der Waals surface area contributed by atoms with Crippen LogP contribution in [-0.4, -0.2) is 31.5 Å². The topological polar surface area (TPSA) is 41.6 Å². The van der Waals surface area contributed by atoms with Crippen LogP contribution < -0.4 is 10.1 Å². The zero-order chi connectivity index (χ0) is 19.1. The van der Waals surface area contributed by atoms with E-state index in [-0.39, 0.29) is 12.5 Å². The number of rotatable bonds is 8. The van der Waals surface area contributed by atoms with Gasteiger partial charge in [0.05, 0.1) is 0 Å². The number of nitrogens with one attached hydrogen (secondary N) is 1. The van der Waals surface area contributed by atoms with Crippen LogP contribution in [0.1, 0.15) is 42.0 Å². The minimum atomic E-state index is -0.112. The Balaban J connectivity index is 1.85. The summed E-state index contributed by atoms with van der Waals surface area (Å²) in [7, 11) is 4.10. The second-order valence-corrected chi connectivity index (χ2v) is 7.32. The fraction of sp³-hybridized carbons (Fsp3) is 0.409. The quantitative estimate of drug-likeness (QED) is 0.782. The van der Waals surface area contributed by atoms with Gasteiger partial charge in [0, 0.05) is 13.1 Å². The Hall–Kier alpha value is -2.33. The summed E-state index contributed by atoms with van der Waals surface area (Å²) in [6, 6.07) is 14.4. The highest BCUT2D eigenvalue weighted by Gasteiger charge is 2.10. The molecule has 0 aromatic heterocycles. The molecule has 0 spiro atoms. The number of nitrogens with zero attached hydrogens (tertiary/aromatic N) is 1. The zero-order valence-corrected chi connectivity index (χ0v) is 16.5. The smallest absolute Gasteiger partial charge is 0.258 e. The third-order valence-electron chi connectivity index (χ3n) is 4.16. The van der Waals surface area contributed by atoms with Gasteiger partial charge in [0.1, 0.15) is 5.75 Å². The molecule has 0 unspecified atom stereocenters. The van der Waals surface area contributed by atoms with E-state index >= 15 is 0 Å². The molecule has 2 rings (SSSR count). The van der Waals surface area contributed by atoms with Gasteiger partial charge in [0.15, 0.2) is 6.61 Å². The number of ether oxygens (including phenoxy) is 1. The van der Waals surface area contributed by atoms with Crippen molar-refractivity contribution in [1.29, 1.82) is 0 Å². The van der Waals surface area contributed by atoms with E-state index in [9.17, 15) is 4.79 Å².